The molecule has 32 heavy (non-hydrogen) atoms. The van der Waals surface area contributed by atoms with Crippen LogP contribution in [0.3, 0.4) is 0 Å². The number of aliphatic hydroxyl groups excluding tert-OH is 1. The number of hydrogen-bond acceptors (Lipinski definition) is 7. The molecule has 1 aromatic heterocycles. The lowest BCUT2D eigenvalue weighted by molar-refractivity contribution is -0.122. The molecule has 0 atom stereocenters. The number of aliphatic hydroxyl groups is 1. The van der Waals surface area contributed by atoms with Crippen LogP contribution in [-0.4, -0.2) is 40.1 Å². The number of carbonyl (C=O) groups excluding carboxylic acids is 3. The largest absolute Gasteiger partial charge is 0.444 e. The number of hydrogen-bond donors (Lipinski definition) is 3. The van der Waals surface area contributed by atoms with Gasteiger partial charge >= 0.3 is 6.09 Å². The molecule has 8 nitrogen and oxygen atoms in total. The van der Waals surface area contributed by atoms with Crippen LogP contribution in [-0.2, 0) is 14.3 Å². The van der Waals surface area contributed by atoms with Gasteiger partial charge in [-0.1, -0.05) is 25.0 Å². The van der Waals surface area contributed by atoms with Gasteiger partial charge < -0.3 is 15.2 Å². The van der Waals surface area contributed by atoms with Crippen molar-refractivity contribution in [3.8, 4) is 11.3 Å². The lowest BCUT2D eigenvalue weighted by atomic mass is 10.1. The first-order valence-corrected chi connectivity index (χ1v) is 11.5. The third-order valence-corrected chi connectivity index (χ3v) is 5.10. The van der Waals surface area contributed by atoms with E-state index in [1.165, 1.54) is 11.3 Å². The van der Waals surface area contributed by atoms with E-state index in [1.807, 2.05) is 17.5 Å². The highest BCUT2D eigenvalue weighted by Crippen LogP contribution is 2.27. The Balaban J connectivity index is 1.81. The fourth-order valence-corrected chi connectivity index (χ4v) is 3.60. The number of thiazole rings is 1. The second-order valence-corrected chi connectivity index (χ2v) is 9.26. The number of nitrogens with zero attached hydrogens (tertiary/aromatic N) is 1. The topological polar surface area (TPSA) is 118 Å². The third-order valence-electron chi connectivity index (χ3n) is 4.34. The van der Waals surface area contributed by atoms with Crippen LogP contribution in [0.1, 0.15) is 59.3 Å². The van der Waals surface area contributed by atoms with Gasteiger partial charge in [0.05, 0.1) is 5.69 Å². The molecular weight excluding hydrogens is 430 g/mol. The smallest absolute Gasteiger partial charge is 0.412 e. The molecule has 2 rings (SSSR count). The number of aromatic nitrogens is 1. The van der Waals surface area contributed by atoms with Gasteiger partial charge in [-0.25, -0.2) is 9.78 Å². The molecule has 0 aliphatic heterocycles. The average molecular weight is 462 g/mol. The first-order chi connectivity index (χ1) is 15.2. The van der Waals surface area contributed by atoms with E-state index in [4.69, 9.17) is 9.84 Å². The lowest BCUT2D eigenvalue weighted by Crippen LogP contribution is -2.27. The van der Waals surface area contributed by atoms with Gasteiger partial charge in [-0.15, -0.1) is 11.3 Å². The van der Waals surface area contributed by atoms with Crippen molar-refractivity contribution >= 4 is 39.9 Å². The van der Waals surface area contributed by atoms with Gasteiger partial charge in [-0.05, 0) is 45.7 Å². The fraction of sp³-hybridized carbons (Fsp3) is 0.478. The van der Waals surface area contributed by atoms with Gasteiger partial charge in [0, 0.05) is 29.5 Å². The van der Waals surface area contributed by atoms with Gasteiger partial charge in [-0.3, -0.25) is 14.9 Å². The molecule has 1 heterocycles. The molecule has 0 radical (unpaired) electrons. The summed E-state index contributed by atoms with van der Waals surface area (Å²) < 4.78 is 5.27. The zero-order valence-electron chi connectivity index (χ0n) is 18.8. The SMILES string of the molecule is CC(C)(C)OC(=O)Nc1cccc(-c2csc(NC(=O)CCCCCCC(=O)CO)n2)c1. The number of amides is 2. The molecule has 0 saturated heterocycles. The van der Waals surface area contributed by atoms with Crippen molar-refractivity contribution in [3.63, 3.8) is 0 Å². The standard InChI is InChI=1S/C23H31N3O5S/c1-23(2,3)31-22(30)24-17-10-8-9-16(13-17)19-15-32-21(25-19)26-20(29)12-7-5-4-6-11-18(28)14-27/h8-10,13,15,27H,4-7,11-12,14H2,1-3H3,(H,24,30)(H,25,26,29). The maximum absolute atomic E-state index is 12.1. The van der Waals surface area contributed by atoms with Crippen molar-refractivity contribution in [1.29, 1.82) is 0 Å². The average Bonchev–Trinajstić information content (AvgIpc) is 3.17. The van der Waals surface area contributed by atoms with Crippen LogP contribution in [0.25, 0.3) is 11.3 Å². The Morgan fingerprint density at radius 3 is 2.47 bits per heavy atom. The Bertz CT molecular complexity index is 920. The molecule has 0 bridgehead atoms. The Morgan fingerprint density at radius 1 is 1.06 bits per heavy atom. The van der Waals surface area contributed by atoms with E-state index < -0.39 is 18.3 Å². The van der Waals surface area contributed by atoms with Crippen LogP contribution in [0.5, 0.6) is 0 Å². The Morgan fingerprint density at radius 2 is 1.78 bits per heavy atom. The molecular formula is C23H31N3O5S. The zero-order valence-corrected chi connectivity index (χ0v) is 19.6. The summed E-state index contributed by atoms with van der Waals surface area (Å²) in [5, 5.41) is 16.6. The van der Waals surface area contributed by atoms with Crippen molar-refractivity contribution in [2.24, 2.45) is 0 Å². The quantitative estimate of drug-likeness (QED) is 0.406. The van der Waals surface area contributed by atoms with E-state index in [2.05, 4.69) is 15.6 Å². The van der Waals surface area contributed by atoms with E-state index in [1.54, 1.807) is 32.9 Å². The van der Waals surface area contributed by atoms with E-state index in [9.17, 15) is 14.4 Å². The second-order valence-electron chi connectivity index (χ2n) is 8.40. The maximum atomic E-state index is 12.1. The number of rotatable bonds is 11. The fourth-order valence-electron chi connectivity index (χ4n) is 2.86. The summed E-state index contributed by atoms with van der Waals surface area (Å²) in [5.74, 6) is -0.244. The molecule has 174 valence electrons. The summed E-state index contributed by atoms with van der Waals surface area (Å²) in [4.78, 5) is 39.6. The minimum absolute atomic E-state index is 0.0994. The predicted octanol–water partition coefficient (Wildman–Crippen LogP) is 5.00. The van der Waals surface area contributed by atoms with Crippen LogP contribution in [0.2, 0.25) is 0 Å². The first-order valence-electron chi connectivity index (χ1n) is 10.6. The van der Waals surface area contributed by atoms with E-state index >= 15 is 0 Å². The van der Waals surface area contributed by atoms with E-state index in [-0.39, 0.29) is 11.7 Å². The maximum Gasteiger partial charge on any atom is 0.412 e. The summed E-state index contributed by atoms with van der Waals surface area (Å²) in [5.41, 5.74) is 1.53. The first kappa shape index (κ1) is 25.5. The number of carbonyl (C=O) groups is 3. The van der Waals surface area contributed by atoms with Gasteiger partial charge in [0.1, 0.15) is 12.2 Å². The molecule has 0 aliphatic carbocycles. The van der Waals surface area contributed by atoms with Gasteiger partial charge in [0.25, 0.3) is 0 Å². The second kappa shape index (κ2) is 12.3. The molecule has 2 amide bonds. The molecule has 0 unspecified atom stereocenters. The molecule has 0 saturated carbocycles. The highest BCUT2D eigenvalue weighted by molar-refractivity contribution is 7.14. The zero-order chi connectivity index (χ0) is 23.6. The van der Waals surface area contributed by atoms with Crippen LogP contribution in [0, 0.1) is 0 Å². The number of nitrogens with one attached hydrogen (secondary N) is 2. The Kier molecular flexibility index (Phi) is 9.80. The van der Waals surface area contributed by atoms with E-state index in [0.717, 1.165) is 31.2 Å². The molecule has 1 aromatic carbocycles. The number of ether oxygens (including phenoxy) is 1. The number of ketones is 1. The van der Waals surface area contributed by atoms with Crippen molar-refractivity contribution in [3.05, 3.63) is 29.6 Å². The monoisotopic (exact) mass is 461 g/mol. The van der Waals surface area contributed by atoms with Gasteiger partial charge in [-0.2, -0.15) is 0 Å². The molecule has 9 heteroatoms. The van der Waals surface area contributed by atoms with Crippen LogP contribution < -0.4 is 10.6 Å². The molecule has 0 aliphatic rings. The number of anilines is 2. The highest BCUT2D eigenvalue weighted by atomic mass is 32.1. The minimum atomic E-state index is -0.581. The summed E-state index contributed by atoms with van der Waals surface area (Å²) in [6, 6.07) is 7.25. The number of Topliss-reactive ketones (excluding diaryl/α,β-unsaturated/α-hetero) is 1. The summed E-state index contributed by atoms with van der Waals surface area (Å²) in [6.07, 6.45) is 3.42. The van der Waals surface area contributed by atoms with Crippen molar-refractivity contribution < 1.29 is 24.2 Å². The van der Waals surface area contributed by atoms with Crippen LogP contribution >= 0.6 is 11.3 Å². The molecule has 2 aromatic rings. The third kappa shape index (κ3) is 9.57. The highest BCUT2D eigenvalue weighted by Gasteiger charge is 2.16. The van der Waals surface area contributed by atoms with E-state index in [0.29, 0.717) is 29.4 Å². The summed E-state index contributed by atoms with van der Waals surface area (Å²) in [6.45, 7) is 5.00. The van der Waals surface area contributed by atoms with Crippen LogP contribution in [0.4, 0.5) is 15.6 Å². The Hall–Kier alpha value is -2.78. The van der Waals surface area contributed by atoms with Gasteiger partial charge in [0.15, 0.2) is 10.9 Å². The normalized spacial score (nSPS) is 11.1. The molecule has 3 N–H and O–H groups in total. The van der Waals surface area contributed by atoms with Crippen molar-refractivity contribution in [2.75, 3.05) is 17.2 Å². The summed E-state index contributed by atoms with van der Waals surface area (Å²) in [7, 11) is 0. The minimum Gasteiger partial charge on any atom is -0.444 e. The molecule has 0 fully saturated rings. The lowest BCUT2D eigenvalue weighted by Gasteiger charge is -2.19. The van der Waals surface area contributed by atoms with Gasteiger partial charge in [0.2, 0.25) is 5.91 Å². The Labute approximate surface area is 192 Å². The number of unbranched alkanes of at least 4 members (excludes halogenated alkanes) is 3. The number of benzene rings is 1. The van der Waals surface area contributed by atoms with Crippen molar-refractivity contribution in [1.82, 2.24) is 4.98 Å². The van der Waals surface area contributed by atoms with Crippen molar-refractivity contribution in [2.45, 2.75) is 64.9 Å². The predicted molar refractivity (Wildman–Crippen MR) is 126 cm³/mol. The summed E-state index contributed by atoms with van der Waals surface area (Å²) >= 11 is 1.34. The molecule has 0 spiro atoms. The van der Waals surface area contributed by atoms with Crippen LogP contribution in [0.15, 0.2) is 29.6 Å².